The Morgan fingerprint density at radius 3 is 2.43 bits per heavy atom. The fourth-order valence-corrected chi connectivity index (χ4v) is 2.99. The molecule has 1 aliphatic heterocycles. The first-order chi connectivity index (χ1) is 11.4. The highest BCUT2D eigenvalue weighted by molar-refractivity contribution is 5.86. The van der Waals surface area contributed by atoms with E-state index >= 15 is 0 Å². The monoisotopic (exact) mass is 304 g/mol. The lowest BCUT2D eigenvalue weighted by molar-refractivity contribution is 0.0277. The van der Waals surface area contributed by atoms with E-state index in [1.54, 1.807) is 0 Å². The molecule has 0 radical (unpaired) electrons. The van der Waals surface area contributed by atoms with Gasteiger partial charge in [-0.05, 0) is 40.6 Å². The van der Waals surface area contributed by atoms with E-state index in [-0.39, 0.29) is 6.10 Å². The minimum Gasteiger partial charge on any atom is -0.371 e. The Balaban J connectivity index is 1.51. The van der Waals surface area contributed by atoms with Gasteiger partial charge >= 0.3 is 0 Å². The van der Waals surface area contributed by atoms with Crippen LogP contribution in [0.3, 0.4) is 0 Å². The van der Waals surface area contributed by atoms with Crippen molar-refractivity contribution in [3.8, 4) is 0 Å². The largest absolute Gasteiger partial charge is 0.371 e. The molecule has 4 rings (SSSR count). The number of hydrogen-bond acceptors (Lipinski definition) is 3. The van der Waals surface area contributed by atoms with Gasteiger partial charge in [-0.25, -0.2) is 0 Å². The SMILES string of the molecule is c1ccc2cc(Nc3ccc([C@H]4CNCCO4)cc3)ccc2c1. The maximum atomic E-state index is 5.79. The molecule has 2 N–H and O–H groups in total. The molecular weight excluding hydrogens is 284 g/mol. The molecule has 1 atom stereocenters. The van der Waals surface area contributed by atoms with Crippen molar-refractivity contribution in [1.82, 2.24) is 5.32 Å². The van der Waals surface area contributed by atoms with Crippen LogP contribution in [0.15, 0.2) is 66.7 Å². The van der Waals surface area contributed by atoms with Crippen LogP contribution >= 0.6 is 0 Å². The van der Waals surface area contributed by atoms with Gasteiger partial charge in [0.2, 0.25) is 0 Å². The molecule has 0 spiro atoms. The van der Waals surface area contributed by atoms with Crippen molar-refractivity contribution in [3.05, 3.63) is 72.3 Å². The van der Waals surface area contributed by atoms with E-state index in [1.807, 2.05) is 0 Å². The summed E-state index contributed by atoms with van der Waals surface area (Å²) in [5.41, 5.74) is 3.42. The van der Waals surface area contributed by atoms with Crippen molar-refractivity contribution >= 4 is 22.1 Å². The Bertz CT molecular complexity index is 792. The topological polar surface area (TPSA) is 33.3 Å². The molecule has 0 aromatic heterocycles. The lowest BCUT2D eigenvalue weighted by Gasteiger charge is -2.24. The number of benzene rings is 3. The van der Waals surface area contributed by atoms with E-state index in [4.69, 9.17) is 4.74 Å². The molecule has 1 aliphatic rings. The molecule has 116 valence electrons. The fourth-order valence-electron chi connectivity index (χ4n) is 2.99. The zero-order chi connectivity index (χ0) is 15.5. The maximum absolute atomic E-state index is 5.79. The number of ether oxygens (including phenoxy) is 1. The Hall–Kier alpha value is -2.36. The summed E-state index contributed by atoms with van der Waals surface area (Å²) in [7, 11) is 0. The van der Waals surface area contributed by atoms with E-state index < -0.39 is 0 Å². The predicted molar refractivity (Wildman–Crippen MR) is 95.2 cm³/mol. The van der Waals surface area contributed by atoms with Crippen molar-refractivity contribution in [2.24, 2.45) is 0 Å². The van der Waals surface area contributed by atoms with Crippen LogP contribution in [0.25, 0.3) is 10.8 Å². The minimum atomic E-state index is 0.165. The van der Waals surface area contributed by atoms with Crippen molar-refractivity contribution < 1.29 is 4.74 Å². The lowest BCUT2D eigenvalue weighted by atomic mass is 10.1. The van der Waals surface area contributed by atoms with Crippen LogP contribution in [0, 0.1) is 0 Å². The zero-order valence-corrected chi connectivity index (χ0v) is 13.0. The predicted octanol–water partition coefficient (Wildman–Crippen LogP) is 4.24. The second kappa shape index (κ2) is 6.41. The van der Waals surface area contributed by atoms with Crippen molar-refractivity contribution in [3.63, 3.8) is 0 Å². The molecule has 1 saturated heterocycles. The first-order valence-corrected chi connectivity index (χ1v) is 8.07. The van der Waals surface area contributed by atoms with Crippen LogP contribution < -0.4 is 10.6 Å². The van der Waals surface area contributed by atoms with Gasteiger partial charge in [0, 0.05) is 24.5 Å². The summed E-state index contributed by atoms with van der Waals surface area (Å²) in [6.45, 7) is 2.61. The van der Waals surface area contributed by atoms with Gasteiger partial charge in [-0.2, -0.15) is 0 Å². The van der Waals surface area contributed by atoms with Crippen LogP contribution in [0.4, 0.5) is 11.4 Å². The van der Waals surface area contributed by atoms with Crippen LogP contribution in [0.5, 0.6) is 0 Å². The molecule has 23 heavy (non-hydrogen) atoms. The van der Waals surface area contributed by atoms with Gasteiger partial charge in [0.05, 0.1) is 12.7 Å². The Morgan fingerprint density at radius 2 is 1.65 bits per heavy atom. The summed E-state index contributed by atoms with van der Waals surface area (Å²) >= 11 is 0. The highest BCUT2D eigenvalue weighted by atomic mass is 16.5. The number of rotatable bonds is 3. The van der Waals surface area contributed by atoms with Crippen LogP contribution in [0.1, 0.15) is 11.7 Å². The summed E-state index contributed by atoms with van der Waals surface area (Å²) in [5, 5.41) is 9.34. The third-order valence-electron chi connectivity index (χ3n) is 4.25. The zero-order valence-electron chi connectivity index (χ0n) is 13.0. The number of morpholine rings is 1. The molecule has 1 heterocycles. The number of hydrogen-bond donors (Lipinski definition) is 2. The van der Waals surface area contributed by atoms with E-state index in [0.29, 0.717) is 0 Å². The van der Waals surface area contributed by atoms with Gasteiger partial charge in [-0.15, -0.1) is 0 Å². The molecule has 0 amide bonds. The maximum Gasteiger partial charge on any atom is 0.0949 e. The van der Waals surface area contributed by atoms with E-state index in [2.05, 4.69) is 77.4 Å². The molecule has 3 aromatic carbocycles. The van der Waals surface area contributed by atoms with Crippen molar-refractivity contribution in [1.29, 1.82) is 0 Å². The average Bonchev–Trinajstić information content (AvgIpc) is 2.63. The Kier molecular flexibility index (Phi) is 3.97. The summed E-state index contributed by atoms with van der Waals surface area (Å²) in [6.07, 6.45) is 0.165. The van der Waals surface area contributed by atoms with Crippen LogP contribution in [-0.4, -0.2) is 19.7 Å². The van der Waals surface area contributed by atoms with Crippen molar-refractivity contribution in [2.75, 3.05) is 25.0 Å². The van der Waals surface area contributed by atoms with Gasteiger partial charge in [-0.1, -0.05) is 42.5 Å². The Labute approximate surface area is 136 Å². The average molecular weight is 304 g/mol. The van der Waals surface area contributed by atoms with Gasteiger partial charge in [0.1, 0.15) is 0 Å². The number of anilines is 2. The van der Waals surface area contributed by atoms with E-state index in [0.717, 1.165) is 31.1 Å². The molecule has 0 unspecified atom stereocenters. The normalized spacial score (nSPS) is 18.0. The minimum absolute atomic E-state index is 0.165. The molecule has 1 fully saturated rings. The van der Waals surface area contributed by atoms with Gasteiger partial charge in [-0.3, -0.25) is 0 Å². The summed E-state index contributed by atoms with van der Waals surface area (Å²) in [4.78, 5) is 0. The molecule has 3 heteroatoms. The molecule has 3 nitrogen and oxygen atoms in total. The highest BCUT2D eigenvalue weighted by Crippen LogP contribution is 2.24. The molecule has 0 saturated carbocycles. The summed E-state index contributed by atoms with van der Waals surface area (Å²) in [5.74, 6) is 0. The summed E-state index contributed by atoms with van der Waals surface area (Å²) in [6, 6.07) is 23.3. The number of nitrogens with one attached hydrogen (secondary N) is 2. The molecule has 3 aromatic rings. The van der Waals surface area contributed by atoms with E-state index in [9.17, 15) is 0 Å². The third kappa shape index (κ3) is 3.21. The van der Waals surface area contributed by atoms with E-state index in [1.165, 1.54) is 16.3 Å². The van der Waals surface area contributed by atoms with Crippen molar-refractivity contribution in [2.45, 2.75) is 6.10 Å². The fraction of sp³-hybridized carbons (Fsp3) is 0.200. The first kappa shape index (κ1) is 14.2. The second-order valence-electron chi connectivity index (χ2n) is 5.87. The quantitative estimate of drug-likeness (QED) is 0.759. The first-order valence-electron chi connectivity index (χ1n) is 8.07. The standard InChI is InChI=1S/C20H20N2O/c1-2-4-17-13-19(10-5-15(17)3-1)22-18-8-6-16(7-9-18)20-14-21-11-12-23-20/h1-10,13,20-22H,11-12,14H2/t20-/m1/s1. The number of fused-ring (bicyclic) bond motifs is 1. The molecule has 0 bridgehead atoms. The third-order valence-corrected chi connectivity index (χ3v) is 4.25. The molecular formula is C20H20N2O. The molecule has 0 aliphatic carbocycles. The van der Waals surface area contributed by atoms with Gasteiger partial charge < -0.3 is 15.4 Å². The summed E-state index contributed by atoms with van der Waals surface area (Å²) < 4.78 is 5.79. The second-order valence-corrected chi connectivity index (χ2v) is 5.87. The lowest BCUT2D eigenvalue weighted by Crippen LogP contribution is -2.33. The van der Waals surface area contributed by atoms with Crippen LogP contribution in [-0.2, 0) is 4.74 Å². The van der Waals surface area contributed by atoms with Gasteiger partial charge in [0.15, 0.2) is 0 Å². The highest BCUT2D eigenvalue weighted by Gasteiger charge is 2.15. The van der Waals surface area contributed by atoms with Gasteiger partial charge in [0.25, 0.3) is 0 Å². The Morgan fingerprint density at radius 1 is 0.870 bits per heavy atom. The smallest absolute Gasteiger partial charge is 0.0949 e. The van der Waals surface area contributed by atoms with Crippen LogP contribution in [0.2, 0.25) is 0 Å².